The molecule has 0 radical (unpaired) electrons. The molecule has 72 valence electrons. The predicted molar refractivity (Wildman–Crippen MR) is 54.2 cm³/mol. The van der Waals surface area contributed by atoms with Crippen molar-refractivity contribution in [3.63, 3.8) is 0 Å². The number of hydrogen-bond acceptors (Lipinski definition) is 3. The first-order valence-electron chi connectivity index (χ1n) is 4.73. The van der Waals surface area contributed by atoms with Gasteiger partial charge in [0.25, 0.3) is 0 Å². The summed E-state index contributed by atoms with van der Waals surface area (Å²) >= 11 is 0. The summed E-state index contributed by atoms with van der Waals surface area (Å²) in [6.45, 7) is 2.75. The Labute approximate surface area is 79.4 Å². The second-order valence-electron chi connectivity index (χ2n) is 3.03. The van der Waals surface area contributed by atoms with Crippen molar-refractivity contribution >= 4 is 0 Å². The van der Waals surface area contributed by atoms with Gasteiger partial charge in [0.15, 0.2) is 0 Å². The zero-order valence-corrected chi connectivity index (χ0v) is 7.87. The molecule has 0 aliphatic carbocycles. The van der Waals surface area contributed by atoms with Crippen molar-refractivity contribution in [1.82, 2.24) is 10.3 Å². The van der Waals surface area contributed by atoms with Gasteiger partial charge in [0.05, 0.1) is 0 Å². The highest BCUT2D eigenvalue weighted by molar-refractivity contribution is 5.08. The van der Waals surface area contributed by atoms with Crippen LogP contribution in [-0.4, -0.2) is 18.1 Å². The quantitative estimate of drug-likeness (QED) is 0.638. The van der Waals surface area contributed by atoms with E-state index in [0.717, 1.165) is 32.5 Å². The second-order valence-corrected chi connectivity index (χ2v) is 3.03. The molecule has 1 aromatic heterocycles. The molecule has 1 heterocycles. The molecule has 3 heteroatoms. The third-order valence-electron chi connectivity index (χ3n) is 1.89. The summed E-state index contributed by atoms with van der Waals surface area (Å²) < 4.78 is 0. The fraction of sp³-hybridized carbons (Fsp3) is 0.500. The Morgan fingerprint density at radius 1 is 1.23 bits per heavy atom. The molecule has 3 nitrogen and oxygen atoms in total. The SMILES string of the molecule is NCCCCNCc1ccncc1. The number of nitrogens with zero attached hydrogens (tertiary/aromatic N) is 1. The predicted octanol–water partition coefficient (Wildman–Crippen LogP) is 0.910. The van der Waals surface area contributed by atoms with E-state index in [0.29, 0.717) is 0 Å². The molecule has 0 amide bonds. The van der Waals surface area contributed by atoms with Crippen LogP contribution < -0.4 is 11.1 Å². The van der Waals surface area contributed by atoms with Gasteiger partial charge in [0.2, 0.25) is 0 Å². The minimum atomic E-state index is 0.789. The van der Waals surface area contributed by atoms with Crippen molar-refractivity contribution in [2.45, 2.75) is 19.4 Å². The van der Waals surface area contributed by atoms with Crippen LogP contribution in [0.2, 0.25) is 0 Å². The average molecular weight is 179 g/mol. The zero-order chi connectivity index (χ0) is 9.36. The standard InChI is InChI=1S/C10H17N3/c11-5-1-2-6-13-9-10-3-7-12-8-4-10/h3-4,7-8,13H,1-2,5-6,9,11H2. The maximum atomic E-state index is 5.39. The molecule has 0 atom stereocenters. The zero-order valence-electron chi connectivity index (χ0n) is 7.87. The molecule has 0 unspecified atom stereocenters. The molecule has 1 rings (SSSR count). The maximum Gasteiger partial charge on any atom is 0.0271 e. The van der Waals surface area contributed by atoms with Gasteiger partial charge in [-0.2, -0.15) is 0 Å². The van der Waals surface area contributed by atoms with E-state index in [2.05, 4.69) is 10.3 Å². The van der Waals surface area contributed by atoms with Crippen molar-refractivity contribution in [1.29, 1.82) is 0 Å². The van der Waals surface area contributed by atoms with Gasteiger partial charge in [-0.15, -0.1) is 0 Å². The summed E-state index contributed by atoms with van der Waals surface area (Å²) in [4.78, 5) is 3.96. The van der Waals surface area contributed by atoms with Crippen molar-refractivity contribution in [3.05, 3.63) is 30.1 Å². The highest BCUT2D eigenvalue weighted by Gasteiger charge is 1.90. The minimum absolute atomic E-state index is 0.789. The van der Waals surface area contributed by atoms with Crippen LogP contribution in [0.15, 0.2) is 24.5 Å². The number of unbranched alkanes of at least 4 members (excludes halogenated alkanes) is 1. The summed E-state index contributed by atoms with van der Waals surface area (Å²) in [7, 11) is 0. The van der Waals surface area contributed by atoms with Crippen LogP contribution in [0.1, 0.15) is 18.4 Å². The first-order chi connectivity index (χ1) is 6.43. The van der Waals surface area contributed by atoms with E-state index in [1.54, 1.807) is 0 Å². The average Bonchev–Trinajstić information content (AvgIpc) is 2.19. The Morgan fingerprint density at radius 2 is 2.00 bits per heavy atom. The van der Waals surface area contributed by atoms with Gasteiger partial charge in [-0.1, -0.05) is 0 Å². The molecule has 0 saturated heterocycles. The van der Waals surface area contributed by atoms with Crippen LogP contribution in [0.4, 0.5) is 0 Å². The fourth-order valence-electron chi connectivity index (χ4n) is 1.13. The first kappa shape index (κ1) is 10.2. The lowest BCUT2D eigenvalue weighted by atomic mass is 10.2. The van der Waals surface area contributed by atoms with E-state index in [-0.39, 0.29) is 0 Å². The Bertz CT molecular complexity index is 211. The summed E-state index contributed by atoms with van der Waals surface area (Å²) in [5.41, 5.74) is 6.67. The minimum Gasteiger partial charge on any atom is -0.330 e. The van der Waals surface area contributed by atoms with E-state index in [4.69, 9.17) is 5.73 Å². The lowest BCUT2D eigenvalue weighted by Gasteiger charge is -2.03. The van der Waals surface area contributed by atoms with Gasteiger partial charge in [-0.05, 0) is 43.6 Å². The molecular formula is C10H17N3. The second kappa shape index (κ2) is 6.57. The monoisotopic (exact) mass is 179 g/mol. The van der Waals surface area contributed by atoms with E-state index in [1.165, 1.54) is 5.56 Å². The van der Waals surface area contributed by atoms with Gasteiger partial charge in [-0.25, -0.2) is 0 Å². The van der Waals surface area contributed by atoms with E-state index >= 15 is 0 Å². The molecule has 0 bridgehead atoms. The van der Waals surface area contributed by atoms with Gasteiger partial charge in [-0.3, -0.25) is 4.98 Å². The third-order valence-corrected chi connectivity index (χ3v) is 1.89. The first-order valence-corrected chi connectivity index (χ1v) is 4.73. The summed E-state index contributed by atoms with van der Waals surface area (Å²) in [5, 5.41) is 3.35. The largest absolute Gasteiger partial charge is 0.330 e. The molecule has 3 N–H and O–H groups in total. The molecule has 13 heavy (non-hydrogen) atoms. The fourth-order valence-corrected chi connectivity index (χ4v) is 1.13. The lowest BCUT2D eigenvalue weighted by molar-refractivity contribution is 0.627. The van der Waals surface area contributed by atoms with Crippen molar-refractivity contribution in [2.75, 3.05) is 13.1 Å². The number of aromatic nitrogens is 1. The Balaban J connectivity index is 2.07. The van der Waals surface area contributed by atoms with E-state index < -0.39 is 0 Å². The number of nitrogens with one attached hydrogen (secondary N) is 1. The molecule has 0 aromatic carbocycles. The summed E-state index contributed by atoms with van der Waals surface area (Å²) in [6.07, 6.45) is 5.89. The molecule has 0 aliphatic rings. The number of hydrogen-bond donors (Lipinski definition) is 2. The van der Waals surface area contributed by atoms with Crippen molar-refractivity contribution in [3.8, 4) is 0 Å². The van der Waals surface area contributed by atoms with Crippen molar-refractivity contribution < 1.29 is 0 Å². The molecule has 1 aromatic rings. The van der Waals surface area contributed by atoms with Gasteiger partial charge >= 0.3 is 0 Å². The Kier molecular flexibility index (Phi) is 5.13. The van der Waals surface area contributed by atoms with Crippen LogP contribution >= 0.6 is 0 Å². The van der Waals surface area contributed by atoms with Gasteiger partial charge in [0, 0.05) is 18.9 Å². The van der Waals surface area contributed by atoms with Gasteiger partial charge in [0.1, 0.15) is 0 Å². The normalized spacial score (nSPS) is 10.2. The maximum absolute atomic E-state index is 5.39. The lowest BCUT2D eigenvalue weighted by Crippen LogP contribution is -2.15. The van der Waals surface area contributed by atoms with E-state index in [9.17, 15) is 0 Å². The number of pyridine rings is 1. The number of nitrogens with two attached hydrogens (primary N) is 1. The molecule has 0 saturated carbocycles. The Morgan fingerprint density at radius 3 is 2.69 bits per heavy atom. The highest BCUT2D eigenvalue weighted by atomic mass is 14.8. The van der Waals surface area contributed by atoms with Crippen LogP contribution in [0.25, 0.3) is 0 Å². The summed E-state index contributed by atoms with van der Waals surface area (Å²) in [5.74, 6) is 0. The van der Waals surface area contributed by atoms with Crippen LogP contribution in [-0.2, 0) is 6.54 Å². The van der Waals surface area contributed by atoms with E-state index in [1.807, 2.05) is 24.5 Å². The van der Waals surface area contributed by atoms with Crippen LogP contribution in [0.5, 0.6) is 0 Å². The molecular weight excluding hydrogens is 162 g/mol. The van der Waals surface area contributed by atoms with Gasteiger partial charge < -0.3 is 11.1 Å². The topological polar surface area (TPSA) is 50.9 Å². The number of rotatable bonds is 6. The third kappa shape index (κ3) is 4.60. The Hall–Kier alpha value is -0.930. The molecule has 0 fully saturated rings. The summed E-state index contributed by atoms with van der Waals surface area (Å²) in [6, 6.07) is 4.05. The van der Waals surface area contributed by atoms with Crippen molar-refractivity contribution in [2.24, 2.45) is 5.73 Å². The highest BCUT2D eigenvalue weighted by Crippen LogP contribution is 1.94. The molecule has 0 aliphatic heterocycles. The molecule has 0 spiro atoms. The van der Waals surface area contributed by atoms with Crippen LogP contribution in [0.3, 0.4) is 0 Å². The smallest absolute Gasteiger partial charge is 0.0271 e. The van der Waals surface area contributed by atoms with Crippen LogP contribution in [0, 0.1) is 0 Å².